The van der Waals surface area contributed by atoms with Crippen LogP contribution in [-0.2, 0) is 6.61 Å². The van der Waals surface area contributed by atoms with Crippen LogP contribution in [0.5, 0.6) is 0 Å². The number of H-pyrrole nitrogens is 1. The molecule has 4 aromatic heterocycles. The molecular formula is C15H11FN6OS. The van der Waals surface area contributed by atoms with Crippen LogP contribution >= 0.6 is 11.3 Å². The predicted molar refractivity (Wildman–Crippen MR) is 88.4 cm³/mol. The van der Waals surface area contributed by atoms with E-state index in [-0.39, 0.29) is 11.4 Å². The van der Waals surface area contributed by atoms with Gasteiger partial charge in [0.25, 0.3) is 0 Å². The number of aliphatic hydroxyl groups is 1. The van der Waals surface area contributed by atoms with Crippen molar-refractivity contribution >= 4 is 32.6 Å². The molecule has 0 amide bonds. The van der Waals surface area contributed by atoms with Gasteiger partial charge in [0, 0.05) is 23.5 Å². The summed E-state index contributed by atoms with van der Waals surface area (Å²) in [6, 6.07) is 5.12. The van der Waals surface area contributed by atoms with Crippen LogP contribution in [0.25, 0.3) is 21.6 Å². The smallest absolute Gasteiger partial charge is 0.191 e. The molecule has 3 N–H and O–H groups in total. The zero-order valence-electron chi connectivity index (χ0n) is 12.2. The van der Waals surface area contributed by atoms with Gasteiger partial charge in [-0.05, 0) is 18.2 Å². The number of rotatable bonds is 4. The summed E-state index contributed by atoms with van der Waals surface area (Å²) in [6.45, 7) is -0.390. The largest absolute Gasteiger partial charge is 0.392 e. The van der Waals surface area contributed by atoms with Crippen molar-refractivity contribution in [3.8, 4) is 11.3 Å². The third-order valence-electron chi connectivity index (χ3n) is 3.41. The standard InChI is InChI=1S/C15H11FN6OS/c16-12-8(7-23)3-4-17-13(12)22-15-21-11-2-1-10(20-14(11)24-15)9-5-18-19-6-9/h1-6,23H,7H2,(H,18,19)(H,17,21,22). The van der Waals surface area contributed by atoms with Crippen molar-refractivity contribution in [2.24, 2.45) is 0 Å². The summed E-state index contributed by atoms with van der Waals surface area (Å²) in [5.41, 5.74) is 2.53. The summed E-state index contributed by atoms with van der Waals surface area (Å²) in [4.78, 5) is 13.6. The minimum Gasteiger partial charge on any atom is -0.392 e. The van der Waals surface area contributed by atoms with E-state index in [2.05, 4.69) is 30.5 Å². The minimum atomic E-state index is -0.591. The van der Waals surface area contributed by atoms with E-state index in [4.69, 9.17) is 5.11 Å². The Kier molecular flexibility index (Phi) is 3.63. The maximum atomic E-state index is 14.1. The number of pyridine rings is 2. The maximum Gasteiger partial charge on any atom is 0.191 e. The zero-order valence-corrected chi connectivity index (χ0v) is 13.0. The third-order valence-corrected chi connectivity index (χ3v) is 4.29. The molecule has 4 aromatic rings. The Labute approximate surface area is 139 Å². The lowest BCUT2D eigenvalue weighted by molar-refractivity contribution is 0.275. The number of aromatic nitrogens is 5. The highest BCUT2D eigenvalue weighted by Crippen LogP contribution is 2.29. The van der Waals surface area contributed by atoms with E-state index in [1.807, 2.05) is 12.1 Å². The second-order valence-electron chi connectivity index (χ2n) is 4.94. The first-order chi connectivity index (χ1) is 11.7. The number of hydrogen-bond donors (Lipinski definition) is 3. The van der Waals surface area contributed by atoms with E-state index in [1.165, 1.54) is 23.6 Å². The van der Waals surface area contributed by atoms with Crippen LogP contribution in [0.1, 0.15) is 5.56 Å². The highest BCUT2D eigenvalue weighted by Gasteiger charge is 2.12. The molecule has 0 spiro atoms. The van der Waals surface area contributed by atoms with Gasteiger partial charge in [-0.15, -0.1) is 0 Å². The molecule has 0 aliphatic heterocycles. The van der Waals surface area contributed by atoms with Crippen LogP contribution in [0.3, 0.4) is 0 Å². The van der Waals surface area contributed by atoms with Gasteiger partial charge in [-0.1, -0.05) is 11.3 Å². The quantitative estimate of drug-likeness (QED) is 0.527. The Balaban J connectivity index is 1.68. The van der Waals surface area contributed by atoms with Crippen molar-refractivity contribution in [2.45, 2.75) is 6.61 Å². The first-order valence-corrected chi connectivity index (χ1v) is 7.84. The highest BCUT2D eigenvalue weighted by molar-refractivity contribution is 7.21. The number of nitrogens with one attached hydrogen (secondary N) is 2. The average Bonchev–Trinajstić information content (AvgIpc) is 3.25. The van der Waals surface area contributed by atoms with E-state index >= 15 is 0 Å². The molecule has 0 fully saturated rings. The monoisotopic (exact) mass is 342 g/mol. The summed E-state index contributed by atoms with van der Waals surface area (Å²) in [7, 11) is 0. The maximum absolute atomic E-state index is 14.1. The van der Waals surface area contributed by atoms with Crippen LogP contribution in [0.15, 0.2) is 36.8 Å². The summed E-state index contributed by atoms with van der Waals surface area (Å²) in [6.07, 6.45) is 4.88. The van der Waals surface area contributed by atoms with Crippen molar-refractivity contribution in [3.05, 3.63) is 48.2 Å². The fraction of sp³-hybridized carbons (Fsp3) is 0.0667. The van der Waals surface area contributed by atoms with E-state index in [1.54, 1.807) is 12.4 Å². The molecule has 0 radical (unpaired) electrons. The van der Waals surface area contributed by atoms with Crippen LogP contribution < -0.4 is 5.32 Å². The lowest BCUT2D eigenvalue weighted by atomic mass is 10.2. The van der Waals surface area contributed by atoms with E-state index in [0.29, 0.717) is 10.6 Å². The summed E-state index contributed by atoms with van der Waals surface area (Å²) in [5.74, 6) is -0.568. The van der Waals surface area contributed by atoms with Gasteiger partial charge in [0.15, 0.2) is 16.8 Å². The molecule has 0 aliphatic rings. The molecule has 24 heavy (non-hydrogen) atoms. The SMILES string of the molecule is OCc1ccnc(Nc2nc3ccc(-c4cn[nH]c4)nc3s2)c1F. The van der Waals surface area contributed by atoms with Crippen molar-refractivity contribution in [2.75, 3.05) is 5.32 Å². The molecule has 4 rings (SSSR count). The van der Waals surface area contributed by atoms with Gasteiger partial charge in [0.2, 0.25) is 0 Å². The second kappa shape index (κ2) is 5.95. The van der Waals surface area contributed by atoms with Gasteiger partial charge in [-0.25, -0.2) is 19.3 Å². The molecule has 7 nitrogen and oxygen atoms in total. The molecule has 0 saturated carbocycles. The van der Waals surface area contributed by atoms with Crippen LogP contribution in [0.2, 0.25) is 0 Å². The molecular weight excluding hydrogens is 331 g/mol. The molecule has 0 saturated heterocycles. The lowest BCUT2D eigenvalue weighted by Gasteiger charge is -2.05. The van der Waals surface area contributed by atoms with Crippen molar-refractivity contribution in [1.82, 2.24) is 25.1 Å². The molecule has 0 aromatic carbocycles. The van der Waals surface area contributed by atoms with E-state index < -0.39 is 12.4 Å². The fourth-order valence-electron chi connectivity index (χ4n) is 2.22. The number of aliphatic hydroxyl groups excluding tert-OH is 1. The van der Waals surface area contributed by atoms with E-state index in [0.717, 1.165) is 16.1 Å². The summed E-state index contributed by atoms with van der Waals surface area (Å²) < 4.78 is 14.1. The normalized spacial score (nSPS) is 11.1. The summed E-state index contributed by atoms with van der Waals surface area (Å²) in [5, 5.41) is 19.1. The van der Waals surface area contributed by atoms with Crippen LogP contribution in [0, 0.1) is 5.82 Å². The lowest BCUT2D eigenvalue weighted by Crippen LogP contribution is -2.00. The third kappa shape index (κ3) is 2.59. The number of halogens is 1. The molecule has 4 heterocycles. The average molecular weight is 342 g/mol. The molecule has 0 atom stereocenters. The molecule has 9 heteroatoms. The molecule has 0 aliphatic carbocycles. The molecule has 0 unspecified atom stereocenters. The minimum absolute atomic E-state index is 0.0238. The summed E-state index contributed by atoms with van der Waals surface area (Å²) >= 11 is 1.29. The van der Waals surface area contributed by atoms with Gasteiger partial charge in [-0.3, -0.25) is 5.10 Å². The predicted octanol–water partition coefficient (Wildman–Crippen LogP) is 2.85. The first kappa shape index (κ1) is 14.7. The number of fused-ring (bicyclic) bond motifs is 1. The highest BCUT2D eigenvalue weighted by atomic mass is 32.1. The topological polar surface area (TPSA) is 99.6 Å². The Morgan fingerprint density at radius 2 is 2.17 bits per heavy atom. The first-order valence-electron chi connectivity index (χ1n) is 7.02. The Hall–Kier alpha value is -2.91. The molecule has 0 bridgehead atoms. The van der Waals surface area contributed by atoms with E-state index in [9.17, 15) is 4.39 Å². The van der Waals surface area contributed by atoms with Gasteiger partial charge in [0.1, 0.15) is 10.3 Å². The molecule has 120 valence electrons. The van der Waals surface area contributed by atoms with Gasteiger partial charge >= 0.3 is 0 Å². The van der Waals surface area contributed by atoms with Crippen LogP contribution in [-0.4, -0.2) is 30.3 Å². The second-order valence-corrected chi connectivity index (χ2v) is 5.92. The number of thiazole rings is 1. The van der Waals surface area contributed by atoms with Crippen LogP contribution in [0.4, 0.5) is 15.3 Å². The Morgan fingerprint density at radius 3 is 2.96 bits per heavy atom. The van der Waals surface area contributed by atoms with Crippen molar-refractivity contribution in [3.63, 3.8) is 0 Å². The van der Waals surface area contributed by atoms with Crippen molar-refractivity contribution < 1.29 is 9.50 Å². The van der Waals surface area contributed by atoms with Gasteiger partial charge in [0.05, 0.1) is 18.5 Å². The Morgan fingerprint density at radius 1 is 1.25 bits per heavy atom. The van der Waals surface area contributed by atoms with Crippen molar-refractivity contribution in [1.29, 1.82) is 0 Å². The van der Waals surface area contributed by atoms with Gasteiger partial charge in [-0.2, -0.15) is 5.10 Å². The Bertz CT molecular complexity index is 1000. The zero-order chi connectivity index (χ0) is 16.5. The van der Waals surface area contributed by atoms with Gasteiger partial charge < -0.3 is 10.4 Å². The number of hydrogen-bond acceptors (Lipinski definition) is 7. The number of nitrogens with zero attached hydrogens (tertiary/aromatic N) is 4. The fourth-order valence-corrected chi connectivity index (χ4v) is 3.05. The number of anilines is 2. The number of aromatic amines is 1.